The van der Waals surface area contributed by atoms with Crippen LogP contribution in [0.15, 0.2) is 54.6 Å². The summed E-state index contributed by atoms with van der Waals surface area (Å²) in [7, 11) is 0. The Balaban J connectivity index is 0. The van der Waals surface area contributed by atoms with Gasteiger partial charge in [-0.1, -0.05) is 24.3 Å². The van der Waals surface area contributed by atoms with Gasteiger partial charge in [0, 0.05) is 6.42 Å². The van der Waals surface area contributed by atoms with E-state index in [1.807, 2.05) is 55.8 Å². The summed E-state index contributed by atoms with van der Waals surface area (Å²) in [4.78, 5) is 0. The van der Waals surface area contributed by atoms with Gasteiger partial charge in [-0.15, -0.1) is 0 Å². The van der Waals surface area contributed by atoms with Crippen LogP contribution in [-0.2, 0) is 36.0 Å². The van der Waals surface area contributed by atoms with Crippen molar-refractivity contribution in [1.82, 2.24) is 0 Å². The van der Waals surface area contributed by atoms with Gasteiger partial charge in [0.15, 0.2) is 0 Å². The first kappa shape index (κ1) is 21.8. The maximum absolute atomic E-state index is 7.50. The number of allylic oxidation sites excluding steroid dienone is 4. The Morgan fingerprint density at radius 2 is 1.52 bits per heavy atom. The molecular weight excluding hydrogens is 307 g/mol. The van der Waals surface area contributed by atoms with Gasteiger partial charge in [0.05, 0.1) is 0 Å². The predicted molar refractivity (Wildman–Crippen MR) is 77.2 cm³/mol. The van der Waals surface area contributed by atoms with E-state index in [0.717, 1.165) is 11.0 Å². The molecule has 0 amide bonds. The van der Waals surface area contributed by atoms with Crippen molar-refractivity contribution in [3.05, 3.63) is 79.9 Å². The van der Waals surface area contributed by atoms with Crippen LogP contribution in [0.2, 0.25) is 0 Å². The summed E-state index contributed by atoms with van der Waals surface area (Å²) in [6, 6.07) is 10.2. The first-order valence-corrected chi connectivity index (χ1v) is 6.67. The molecule has 0 aromatic heterocycles. The molecule has 0 bridgehead atoms. The maximum Gasteiger partial charge on any atom is 0.00506 e. The Hall–Kier alpha value is -1.47. The van der Waals surface area contributed by atoms with E-state index in [0.29, 0.717) is 6.61 Å². The summed E-state index contributed by atoms with van der Waals surface area (Å²) in [5, 5.41) is 0. The van der Waals surface area contributed by atoms with E-state index in [9.17, 15) is 0 Å². The molecule has 0 heterocycles. The molecule has 0 atom stereocenters. The zero-order valence-electron chi connectivity index (χ0n) is 11.8. The molecule has 21 heavy (non-hydrogen) atoms. The van der Waals surface area contributed by atoms with E-state index < -0.39 is 0 Å². The van der Waals surface area contributed by atoms with Crippen molar-refractivity contribution >= 4 is 4.60 Å². The van der Waals surface area contributed by atoms with Crippen molar-refractivity contribution in [3.63, 3.8) is 0 Å². The van der Waals surface area contributed by atoms with Gasteiger partial charge in [0.1, 0.15) is 0 Å². The largest absolute Gasteiger partial charge is 0.0767 e. The molecule has 1 aromatic rings. The first-order chi connectivity index (χ1) is 10.3. The molecule has 110 valence electrons. The van der Waals surface area contributed by atoms with E-state index in [2.05, 4.69) is 41.0 Å². The van der Waals surface area contributed by atoms with Crippen molar-refractivity contribution in [2.45, 2.75) is 13.3 Å². The molecule has 3 nitrogen and oxygen atoms in total. The summed E-state index contributed by atoms with van der Waals surface area (Å²) in [6.07, 6.45) is 10.8. The Morgan fingerprint density at radius 3 is 1.90 bits per heavy atom. The van der Waals surface area contributed by atoms with Crippen LogP contribution in [0, 0.1) is 19.7 Å². The van der Waals surface area contributed by atoms with Crippen LogP contribution in [-0.4, -0.2) is 11.2 Å². The Bertz CT molecular complexity index is 443. The van der Waals surface area contributed by atoms with Crippen molar-refractivity contribution < 1.29 is 29.6 Å². The smallest absolute Gasteiger partial charge is 0.00506 e. The molecule has 0 saturated carbocycles. The summed E-state index contributed by atoms with van der Waals surface area (Å²) in [5.74, 6) is 0. The Labute approximate surface area is 134 Å². The third-order valence-electron chi connectivity index (χ3n) is 2.04. The summed E-state index contributed by atoms with van der Waals surface area (Å²) >= 11 is 3.37. The average Bonchev–Trinajstić information content (AvgIpc) is 3.12. The van der Waals surface area contributed by atoms with Crippen LogP contribution >= 0.6 is 0 Å². The van der Waals surface area contributed by atoms with Crippen LogP contribution < -0.4 is 0 Å². The van der Waals surface area contributed by atoms with Crippen LogP contribution in [0.5, 0.6) is 0 Å². The van der Waals surface area contributed by atoms with Gasteiger partial charge in [-0.25, -0.2) is 0 Å². The van der Waals surface area contributed by atoms with Crippen molar-refractivity contribution in [2.24, 2.45) is 0 Å². The monoisotopic (exact) mass is 324 g/mol. The topological polar surface area (TPSA) is 49.0 Å². The third kappa shape index (κ3) is 14.7. The van der Waals surface area contributed by atoms with Crippen molar-refractivity contribution in [3.8, 4) is 0 Å². The van der Waals surface area contributed by atoms with Crippen molar-refractivity contribution in [2.75, 3.05) is 6.61 Å². The molecular formula is C17H17MnO3. The van der Waals surface area contributed by atoms with Gasteiger partial charge in [0.2, 0.25) is 0 Å². The molecule has 1 aromatic carbocycles. The van der Waals surface area contributed by atoms with Gasteiger partial charge < -0.3 is 0 Å². The SMILES string of the molecule is CCO[C](=[Mn])Cc1ccccc1.[C-]#[O+].[C-]#[O+].[CH]1C=CC=C1. The molecule has 1 aliphatic carbocycles. The van der Waals surface area contributed by atoms with Gasteiger partial charge >= 0.3 is 103 Å². The van der Waals surface area contributed by atoms with E-state index >= 15 is 0 Å². The van der Waals surface area contributed by atoms with Crippen LogP contribution in [0.4, 0.5) is 0 Å². The van der Waals surface area contributed by atoms with E-state index in [1.165, 1.54) is 5.56 Å². The second-order valence-corrected chi connectivity index (χ2v) is 4.07. The van der Waals surface area contributed by atoms with Crippen LogP contribution in [0.3, 0.4) is 0 Å². The summed E-state index contributed by atoms with van der Waals surface area (Å²) < 4.78 is 21.2. The molecule has 1 aliphatic rings. The molecule has 0 aliphatic heterocycles. The predicted octanol–water partition coefficient (Wildman–Crippen LogP) is 3.18. The van der Waals surface area contributed by atoms with Crippen LogP contribution in [0.1, 0.15) is 12.5 Å². The zero-order valence-corrected chi connectivity index (χ0v) is 13.0. The first-order valence-electron chi connectivity index (χ1n) is 6.08. The minimum Gasteiger partial charge on any atom is -0.0767 e. The average molecular weight is 324 g/mol. The molecule has 0 unspecified atom stereocenters. The molecule has 4 heteroatoms. The second-order valence-electron chi connectivity index (χ2n) is 3.41. The number of ether oxygens (including phenoxy) is 1. The van der Waals surface area contributed by atoms with E-state index in [1.54, 1.807) is 0 Å². The van der Waals surface area contributed by atoms with E-state index in [4.69, 9.17) is 14.0 Å². The Kier molecular flexibility index (Phi) is 19.3. The fraction of sp³-hybridized carbons (Fsp3) is 0.176. The fourth-order valence-electron chi connectivity index (χ4n) is 1.28. The normalized spacial score (nSPS) is 9.95. The number of hydrogen-bond donors (Lipinski definition) is 0. The minimum atomic E-state index is 0.716. The van der Waals surface area contributed by atoms with Gasteiger partial charge in [-0.2, -0.15) is 0 Å². The molecule has 0 saturated heterocycles. The third-order valence-corrected chi connectivity index (χ3v) is 2.42. The van der Waals surface area contributed by atoms with Gasteiger partial charge in [0.25, 0.3) is 0 Å². The zero-order chi connectivity index (χ0) is 16.3. The molecule has 1 radical (unpaired) electrons. The summed E-state index contributed by atoms with van der Waals surface area (Å²) in [5.41, 5.74) is 1.26. The fourth-order valence-corrected chi connectivity index (χ4v) is 1.70. The van der Waals surface area contributed by atoms with Crippen LogP contribution in [0.25, 0.3) is 0 Å². The van der Waals surface area contributed by atoms with E-state index in [-0.39, 0.29) is 0 Å². The number of rotatable bonds is 4. The second kappa shape index (κ2) is 18.5. The molecule has 0 spiro atoms. The molecule has 0 fully saturated rings. The number of hydrogen-bond acceptors (Lipinski definition) is 1. The standard InChI is InChI=1S/C10H12O.C5H5.2CO.Mn/c1-2-11-9-8-10-6-4-3-5-7-10;1-2-4-5-3-1;2*1-2;/h3-7H,2,8H2,1H3;1-5H;;;. The summed E-state index contributed by atoms with van der Waals surface area (Å²) in [6.45, 7) is 11.7. The minimum absolute atomic E-state index is 0.716. The Morgan fingerprint density at radius 1 is 1.00 bits per heavy atom. The van der Waals surface area contributed by atoms with Crippen molar-refractivity contribution in [1.29, 1.82) is 0 Å². The molecule has 2 rings (SSSR count). The quantitative estimate of drug-likeness (QED) is 0.477. The number of benzene rings is 1. The maximum atomic E-state index is 7.50. The molecule has 0 N–H and O–H groups in total. The van der Waals surface area contributed by atoms with Gasteiger partial charge in [-0.3, -0.25) is 0 Å². The van der Waals surface area contributed by atoms with Gasteiger partial charge in [-0.05, 0) is 0 Å².